The van der Waals surface area contributed by atoms with Gasteiger partial charge in [0.25, 0.3) is 0 Å². The summed E-state index contributed by atoms with van der Waals surface area (Å²) in [6, 6.07) is 7.62. The van der Waals surface area contributed by atoms with Gasteiger partial charge in [0.05, 0.1) is 13.7 Å². The molecular formula is C18H24N4O3. The Labute approximate surface area is 147 Å². The summed E-state index contributed by atoms with van der Waals surface area (Å²) in [4.78, 5) is 12.1. The summed E-state index contributed by atoms with van der Waals surface area (Å²) in [7, 11) is 1.63. The minimum Gasteiger partial charge on any atom is -0.497 e. The summed E-state index contributed by atoms with van der Waals surface area (Å²) in [5.74, 6) is 2.65. The van der Waals surface area contributed by atoms with E-state index in [2.05, 4.69) is 20.1 Å². The Balaban J connectivity index is 1.41. The molecule has 25 heavy (non-hydrogen) atoms. The monoisotopic (exact) mass is 344 g/mol. The molecule has 1 atom stereocenters. The second kappa shape index (κ2) is 8.11. The van der Waals surface area contributed by atoms with Gasteiger partial charge in [0.1, 0.15) is 23.5 Å². The van der Waals surface area contributed by atoms with E-state index >= 15 is 0 Å². The largest absolute Gasteiger partial charge is 0.497 e. The Morgan fingerprint density at radius 3 is 3.12 bits per heavy atom. The molecular weight excluding hydrogens is 320 g/mol. The summed E-state index contributed by atoms with van der Waals surface area (Å²) in [5, 5.41) is 11.3. The minimum atomic E-state index is -0.518. The number of hydrogen-bond donors (Lipinski definition) is 1. The fourth-order valence-corrected chi connectivity index (χ4v) is 2.90. The molecule has 1 N–H and O–H groups in total. The maximum atomic E-state index is 12.1. The molecule has 0 saturated carbocycles. The molecule has 134 valence electrons. The van der Waals surface area contributed by atoms with Gasteiger partial charge in [-0.2, -0.15) is 0 Å². The number of benzene rings is 1. The van der Waals surface area contributed by atoms with E-state index in [9.17, 15) is 4.79 Å². The van der Waals surface area contributed by atoms with Gasteiger partial charge in [0.2, 0.25) is 5.91 Å². The zero-order chi connectivity index (χ0) is 17.6. The first-order valence-electron chi connectivity index (χ1n) is 8.60. The molecule has 1 aliphatic heterocycles. The van der Waals surface area contributed by atoms with Gasteiger partial charge in [-0.05, 0) is 31.0 Å². The van der Waals surface area contributed by atoms with Crippen LogP contribution < -0.4 is 10.1 Å². The maximum absolute atomic E-state index is 12.1. The van der Waals surface area contributed by atoms with Crippen LogP contribution in [0.25, 0.3) is 0 Å². The van der Waals surface area contributed by atoms with Gasteiger partial charge in [-0.1, -0.05) is 12.1 Å². The van der Waals surface area contributed by atoms with Crippen molar-refractivity contribution in [1.82, 2.24) is 20.1 Å². The van der Waals surface area contributed by atoms with Crippen LogP contribution in [0.2, 0.25) is 0 Å². The number of aromatic nitrogens is 3. The fraction of sp³-hybridized carbons (Fsp3) is 0.500. The zero-order valence-electron chi connectivity index (χ0n) is 14.7. The number of fused-ring (bicyclic) bond motifs is 1. The molecule has 7 nitrogen and oxygen atoms in total. The number of ether oxygens (including phenoxy) is 2. The molecule has 3 rings (SSSR count). The fourth-order valence-electron chi connectivity index (χ4n) is 2.90. The Kier molecular flexibility index (Phi) is 5.65. The third-order valence-corrected chi connectivity index (χ3v) is 4.34. The Hall–Kier alpha value is -2.41. The van der Waals surface area contributed by atoms with E-state index in [0.29, 0.717) is 19.6 Å². The minimum absolute atomic E-state index is 0.121. The summed E-state index contributed by atoms with van der Waals surface area (Å²) in [6.07, 6.45) is 2.28. The topological polar surface area (TPSA) is 78.3 Å². The molecule has 0 unspecified atom stereocenters. The Bertz CT molecular complexity index is 729. The molecule has 2 heterocycles. The van der Waals surface area contributed by atoms with Crippen LogP contribution in [0.5, 0.6) is 5.75 Å². The molecule has 2 aromatic rings. The number of methoxy groups -OCH3 is 1. The number of carbonyl (C=O) groups excluding carboxylic acids is 1. The lowest BCUT2D eigenvalue weighted by atomic mass is 10.2. The van der Waals surface area contributed by atoms with E-state index in [4.69, 9.17) is 9.47 Å². The highest BCUT2D eigenvalue weighted by atomic mass is 16.5. The van der Waals surface area contributed by atoms with Crippen molar-refractivity contribution in [3.63, 3.8) is 0 Å². The number of aryl methyl sites for hydroxylation is 1. The molecule has 0 bridgehead atoms. The quantitative estimate of drug-likeness (QED) is 0.785. The van der Waals surface area contributed by atoms with Crippen molar-refractivity contribution in [2.75, 3.05) is 13.7 Å². The van der Waals surface area contributed by atoms with Crippen molar-refractivity contribution >= 4 is 5.91 Å². The zero-order valence-corrected chi connectivity index (χ0v) is 14.7. The molecule has 1 aromatic heterocycles. The molecule has 7 heteroatoms. The number of hydrogen-bond acceptors (Lipinski definition) is 5. The molecule has 1 amide bonds. The van der Waals surface area contributed by atoms with Crippen LogP contribution in [-0.4, -0.2) is 40.4 Å². The average Bonchev–Trinajstić information content (AvgIpc) is 3.24. The number of amides is 1. The van der Waals surface area contributed by atoms with Gasteiger partial charge in [0.15, 0.2) is 0 Å². The highest BCUT2D eigenvalue weighted by Crippen LogP contribution is 2.15. The number of nitrogens with zero attached hydrogens (tertiary/aromatic N) is 3. The highest BCUT2D eigenvalue weighted by Gasteiger charge is 2.18. The lowest BCUT2D eigenvalue weighted by Crippen LogP contribution is -2.35. The first kappa shape index (κ1) is 17.4. The van der Waals surface area contributed by atoms with Crippen LogP contribution in [-0.2, 0) is 35.5 Å². The molecule has 1 aliphatic rings. The van der Waals surface area contributed by atoms with Crippen LogP contribution in [0.3, 0.4) is 0 Å². The van der Waals surface area contributed by atoms with Crippen LogP contribution in [0.1, 0.15) is 30.6 Å². The van der Waals surface area contributed by atoms with Crippen LogP contribution in [0, 0.1) is 0 Å². The third-order valence-electron chi connectivity index (χ3n) is 4.34. The van der Waals surface area contributed by atoms with E-state index < -0.39 is 6.10 Å². The Morgan fingerprint density at radius 1 is 1.40 bits per heavy atom. The van der Waals surface area contributed by atoms with Crippen LogP contribution in [0.4, 0.5) is 0 Å². The van der Waals surface area contributed by atoms with Crippen molar-refractivity contribution in [3.05, 3.63) is 41.5 Å². The average molecular weight is 344 g/mol. The number of nitrogens with one attached hydrogen (secondary N) is 1. The predicted octanol–water partition coefficient (Wildman–Crippen LogP) is 1.50. The first-order chi connectivity index (χ1) is 12.2. The van der Waals surface area contributed by atoms with E-state index in [1.54, 1.807) is 14.0 Å². The normalized spacial score (nSPS) is 14.2. The van der Waals surface area contributed by atoms with Crippen molar-refractivity contribution in [1.29, 1.82) is 0 Å². The van der Waals surface area contributed by atoms with Crippen molar-refractivity contribution in [2.24, 2.45) is 0 Å². The van der Waals surface area contributed by atoms with Gasteiger partial charge < -0.3 is 19.4 Å². The second-order valence-corrected chi connectivity index (χ2v) is 6.13. The van der Waals surface area contributed by atoms with Gasteiger partial charge >= 0.3 is 0 Å². The van der Waals surface area contributed by atoms with Gasteiger partial charge in [-0.3, -0.25) is 4.79 Å². The first-order valence-corrected chi connectivity index (χ1v) is 8.60. The number of carbonyl (C=O) groups is 1. The summed E-state index contributed by atoms with van der Waals surface area (Å²) < 4.78 is 13.0. The van der Waals surface area contributed by atoms with E-state index in [1.165, 1.54) is 0 Å². The number of rotatable bonds is 8. The molecule has 1 aromatic carbocycles. The molecule has 0 saturated heterocycles. The highest BCUT2D eigenvalue weighted by molar-refractivity contribution is 5.80. The maximum Gasteiger partial charge on any atom is 0.248 e. The van der Waals surface area contributed by atoms with Crippen molar-refractivity contribution < 1.29 is 14.3 Å². The Morgan fingerprint density at radius 2 is 2.28 bits per heavy atom. The standard InChI is InChI=1S/C18H24N4O3/c1-13(25-12-14-5-3-6-15(11-14)24-2)18(23)19-9-8-17-21-20-16-7-4-10-22(16)17/h3,5-6,11,13H,4,7-10,12H2,1-2H3,(H,19,23)/t13-/m0/s1. The van der Waals surface area contributed by atoms with Crippen LogP contribution in [0.15, 0.2) is 24.3 Å². The van der Waals surface area contributed by atoms with E-state index in [-0.39, 0.29) is 5.91 Å². The molecule has 0 fully saturated rings. The second-order valence-electron chi connectivity index (χ2n) is 6.13. The summed E-state index contributed by atoms with van der Waals surface area (Å²) in [6.45, 7) is 3.63. The van der Waals surface area contributed by atoms with Gasteiger partial charge in [-0.25, -0.2) is 0 Å². The SMILES string of the molecule is COc1cccc(CO[C@@H](C)C(=O)NCCc2nnc3n2CCC3)c1. The van der Waals surface area contributed by atoms with E-state index in [0.717, 1.165) is 42.3 Å². The van der Waals surface area contributed by atoms with E-state index in [1.807, 2.05) is 24.3 Å². The lowest BCUT2D eigenvalue weighted by Gasteiger charge is -2.14. The van der Waals surface area contributed by atoms with Crippen molar-refractivity contribution in [2.45, 2.75) is 45.4 Å². The molecule has 0 radical (unpaired) electrons. The summed E-state index contributed by atoms with van der Waals surface area (Å²) in [5.41, 5.74) is 0.970. The predicted molar refractivity (Wildman–Crippen MR) is 92.3 cm³/mol. The summed E-state index contributed by atoms with van der Waals surface area (Å²) >= 11 is 0. The van der Waals surface area contributed by atoms with Gasteiger partial charge in [0, 0.05) is 25.9 Å². The third kappa shape index (κ3) is 4.36. The molecule has 0 spiro atoms. The lowest BCUT2D eigenvalue weighted by molar-refractivity contribution is -0.132. The smallest absolute Gasteiger partial charge is 0.248 e. The van der Waals surface area contributed by atoms with Crippen LogP contribution >= 0.6 is 0 Å². The van der Waals surface area contributed by atoms with Crippen molar-refractivity contribution in [3.8, 4) is 5.75 Å². The molecule has 0 aliphatic carbocycles. The van der Waals surface area contributed by atoms with Gasteiger partial charge in [-0.15, -0.1) is 10.2 Å².